The quantitative estimate of drug-likeness (QED) is 0.627. The molecule has 2 aliphatic heterocycles. The molecule has 0 saturated carbocycles. The van der Waals surface area contributed by atoms with E-state index in [4.69, 9.17) is 10.5 Å². The Morgan fingerprint density at radius 3 is 2.55 bits per heavy atom. The van der Waals surface area contributed by atoms with Gasteiger partial charge in [0.1, 0.15) is 18.2 Å². The monoisotopic (exact) mass is 449 g/mol. The zero-order chi connectivity index (χ0) is 22.9. The van der Waals surface area contributed by atoms with Gasteiger partial charge in [0, 0.05) is 18.7 Å². The number of carbonyl (C=O) groups is 1. The van der Waals surface area contributed by atoms with Crippen molar-refractivity contribution in [3.8, 4) is 17.0 Å². The fraction of sp³-hybridized carbons (Fsp3) is 0.292. The minimum atomic E-state index is -0.483. The van der Waals surface area contributed by atoms with Crippen molar-refractivity contribution in [1.29, 1.82) is 0 Å². The predicted octanol–water partition coefficient (Wildman–Crippen LogP) is 3.56. The number of benzene rings is 2. The molecule has 2 saturated heterocycles. The van der Waals surface area contributed by atoms with Crippen molar-refractivity contribution in [2.45, 2.75) is 31.5 Å². The van der Waals surface area contributed by atoms with E-state index >= 15 is 0 Å². The number of nitrogens with zero attached hydrogens (tertiary/aromatic N) is 4. The van der Waals surface area contributed by atoms with Crippen molar-refractivity contribution in [3.05, 3.63) is 66.0 Å². The molecule has 2 fully saturated rings. The van der Waals surface area contributed by atoms with E-state index in [1.807, 2.05) is 35.2 Å². The average Bonchev–Trinajstić information content (AvgIpc) is 3.09. The SMILES string of the molecule is Nc1nnc(-c2cc(F)ccc2O)cc1N1C[C@H]2CC[C@@H](C1)N2C(=O)OCc1ccccc1. The number of hydrogen-bond acceptors (Lipinski definition) is 7. The standard InChI is InChI=1S/C24H24FN5O3/c25-16-6-9-22(31)19(10-16)20-11-21(23(26)28-27-20)29-12-17-7-8-18(13-29)30(17)24(32)33-14-15-4-2-1-3-5-15/h1-6,9-11,17-18,31H,7-8,12-14H2,(H2,26,28)/t17-,18+. The van der Waals surface area contributed by atoms with Gasteiger partial charge in [-0.1, -0.05) is 30.3 Å². The first-order valence-corrected chi connectivity index (χ1v) is 10.9. The van der Waals surface area contributed by atoms with Crippen LogP contribution in [0, 0.1) is 5.82 Å². The number of anilines is 2. The number of amides is 1. The Labute approximate surface area is 190 Å². The lowest BCUT2D eigenvalue weighted by Gasteiger charge is -2.41. The zero-order valence-electron chi connectivity index (χ0n) is 17.9. The van der Waals surface area contributed by atoms with Crippen LogP contribution in [0.2, 0.25) is 0 Å². The molecule has 1 amide bonds. The summed E-state index contributed by atoms with van der Waals surface area (Å²) in [6.07, 6.45) is 1.44. The van der Waals surface area contributed by atoms with Gasteiger partial charge in [0.2, 0.25) is 0 Å². The van der Waals surface area contributed by atoms with Crippen molar-refractivity contribution in [2.75, 3.05) is 23.7 Å². The van der Waals surface area contributed by atoms with Crippen LogP contribution >= 0.6 is 0 Å². The molecule has 33 heavy (non-hydrogen) atoms. The third-order valence-electron chi connectivity index (χ3n) is 6.27. The molecule has 2 bridgehead atoms. The molecule has 2 aliphatic rings. The predicted molar refractivity (Wildman–Crippen MR) is 121 cm³/mol. The fourth-order valence-corrected chi connectivity index (χ4v) is 4.68. The first-order chi connectivity index (χ1) is 16.0. The number of aromatic hydroxyl groups is 1. The second-order valence-corrected chi connectivity index (χ2v) is 8.40. The van der Waals surface area contributed by atoms with E-state index in [9.17, 15) is 14.3 Å². The van der Waals surface area contributed by atoms with Crippen LogP contribution in [-0.4, -0.2) is 51.5 Å². The molecule has 2 aromatic carbocycles. The minimum Gasteiger partial charge on any atom is -0.507 e. The van der Waals surface area contributed by atoms with Crippen LogP contribution in [0.4, 0.5) is 20.7 Å². The Kier molecular flexibility index (Phi) is 5.45. The molecule has 8 nitrogen and oxygen atoms in total. The van der Waals surface area contributed by atoms with E-state index in [-0.39, 0.29) is 41.9 Å². The molecular weight excluding hydrogens is 425 g/mol. The largest absolute Gasteiger partial charge is 0.507 e. The molecule has 5 rings (SSSR count). The van der Waals surface area contributed by atoms with E-state index in [2.05, 4.69) is 15.1 Å². The van der Waals surface area contributed by atoms with Crippen LogP contribution in [-0.2, 0) is 11.3 Å². The topological polar surface area (TPSA) is 105 Å². The second kappa shape index (κ2) is 8.57. The molecule has 0 radical (unpaired) electrons. The smallest absolute Gasteiger partial charge is 0.410 e. The summed E-state index contributed by atoms with van der Waals surface area (Å²) >= 11 is 0. The van der Waals surface area contributed by atoms with Crippen molar-refractivity contribution in [1.82, 2.24) is 15.1 Å². The molecule has 1 aromatic heterocycles. The first-order valence-electron chi connectivity index (χ1n) is 10.9. The molecule has 3 N–H and O–H groups in total. The normalized spacial score (nSPS) is 19.5. The van der Waals surface area contributed by atoms with E-state index in [0.29, 0.717) is 24.5 Å². The van der Waals surface area contributed by atoms with Gasteiger partial charge >= 0.3 is 6.09 Å². The van der Waals surface area contributed by atoms with Crippen LogP contribution in [0.15, 0.2) is 54.6 Å². The summed E-state index contributed by atoms with van der Waals surface area (Å²) in [6.45, 7) is 1.38. The van der Waals surface area contributed by atoms with Crippen LogP contribution < -0.4 is 10.6 Å². The number of phenols is 1. The number of hydrogen-bond donors (Lipinski definition) is 2. The molecule has 0 unspecified atom stereocenters. The lowest BCUT2D eigenvalue weighted by molar-refractivity contribution is 0.0734. The Bertz CT molecular complexity index is 1160. The Morgan fingerprint density at radius 1 is 1.09 bits per heavy atom. The van der Waals surface area contributed by atoms with Crippen molar-refractivity contribution < 1.29 is 19.0 Å². The summed E-state index contributed by atoms with van der Waals surface area (Å²) in [5, 5.41) is 18.2. The summed E-state index contributed by atoms with van der Waals surface area (Å²) < 4.78 is 19.3. The molecular formula is C24H24FN5O3. The van der Waals surface area contributed by atoms with Gasteiger partial charge in [-0.2, -0.15) is 0 Å². The summed E-state index contributed by atoms with van der Waals surface area (Å²) in [7, 11) is 0. The Morgan fingerprint density at radius 2 is 1.82 bits per heavy atom. The number of carbonyl (C=O) groups excluding carboxylic acids is 1. The fourth-order valence-electron chi connectivity index (χ4n) is 4.68. The Hall–Kier alpha value is -3.88. The van der Waals surface area contributed by atoms with Gasteiger partial charge in [-0.05, 0) is 42.7 Å². The van der Waals surface area contributed by atoms with E-state index in [1.165, 1.54) is 18.2 Å². The third kappa shape index (κ3) is 4.13. The van der Waals surface area contributed by atoms with Gasteiger partial charge < -0.3 is 20.5 Å². The number of aromatic nitrogens is 2. The molecule has 3 aromatic rings. The molecule has 0 aliphatic carbocycles. The highest BCUT2D eigenvalue weighted by Gasteiger charge is 2.44. The lowest BCUT2D eigenvalue weighted by Crippen LogP contribution is -2.56. The van der Waals surface area contributed by atoms with Gasteiger partial charge in [-0.25, -0.2) is 9.18 Å². The van der Waals surface area contributed by atoms with Gasteiger partial charge in [0.25, 0.3) is 0 Å². The molecule has 3 heterocycles. The van der Waals surface area contributed by atoms with Crippen molar-refractivity contribution >= 4 is 17.6 Å². The number of nitrogen functional groups attached to an aromatic ring is 1. The van der Waals surface area contributed by atoms with E-state index in [1.54, 1.807) is 6.07 Å². The Balaban J connectivity index is 1.33. The lowest BCUT2D eigenvalue weighted by atomic mass is 10.1. The maximum absolute atomic E-state index is 13.7. The highest BCUT2D eigenvalue weighted by Crippen LogP contribution is 2.37. The molecule has 0 spiro atoms. The van der Waals surface area contributed by atoms with Crippen LogP contribution in [0.1, 0.15) is 18.4 Å². The number of nitrogens with two attached hydrogens (primary N) is 1. The average molecular weight is 449 g/mol. The van der Waals surface area contributed by atoms with Gasteiger partial charge in [-0.3, -0.25) is 4.90 Å². The number of halogens is 1. The molecule has 9 heteroatoms. The summed E-state index contributed by atoms with van der Waals surface area (Å²) in [5.41, 5.74) is 8.30. The van der Waals surface area contributed by atoms with E-state index < -0.39 is 5.82 Å². The maximum Gasteiger partial charge on any atom is 0.410 e. The van der Waals surface area contributed by atoms with Gasteiger partial charge in [0.15, 0.2) is 5.82 Å². The number of ether oxygens (including phenoxy) is 1. The van der Waals surface area contributed by atoms with Gasteiger partial charge in [0.05, 0.1) is 23.5 Å². The minimum absolute atomic E-state index is 0.00869. The summed E-state index contributed by atoms with van der Waals surface area (Å²) in [6, 6.07) is 15.0. The van der Waals surface area contributed by atoms with Gasteiger partial charge in [-0.15, -0.1) is 10.2 Å². The second-order valence-electron chi connectivity index (χ2n) is 8.40. The third-order valence-corrected chi connectivity index (χ3v) is 6.27. The highest BCUT2D eigenvalue weighted by atomic mass is 19.1. The number of rotatable bonds is 4. The van der Waals surface area contributed by atoms with Crippen LogP contribution in [0.5, 0.6) is 5.75 Å². The highest BCUT2D eigenvalue weighted by molar-refractivity contribution is 5.75. The van der Waals surface area contributed by atoms with E-state index in [0.717, 1.165) is 18.4 Å². The first kappa shape index (κ1) is 21.0. The zero-order valence-corrected chi connectivity index (χ0v) is 17.9. The number of fused-ring (bicyclic) bond motifs is 2. The molecule has 2 atom stereocenters. The summed E-state index contributed by atoms with van der Waals surface area (Å²) in [5.74, 6) is -0.328. The van der Waals surface area contributed by atoms with Crippen LogP contribution in [0.25, 0.3) is 11.3 Å². The molecule has 170 valence electrons. The maximum atomic E-state index is 13.7. The summed E-state index contributed by atoms with van der Waals surface area (Å²) in [4.78, 5) is 16.7. The number of piperazine rings is 1. The van der Waals surface area contributed by atoms with Crippen molar-refractivity contribution in [3.63, 3.8) is 0 Å². The number of phenolic OH excluding ortho intramolecular Hbond substituents is 1. The van der Waals surface area contributed by atoms with Crippen LogP contribution in [0.3, 0.4) is 0 Å². The van der Waals surface area contributed by atoms with Crippen molar-refractivity contribution in [2.24, 2.45) is 0 Å².